The molecule has 3 amide bonds. The number of hydrogen-bond acceptors (Lipinski definition) is 7. The molecule has 1 saturated heterocycles. The highest BCUT2D eigenvalue weighted by atomic mass is 16.6. The van der Waals surface area contributed by atoms with E-state index in [9.17, 15) is 24.5 Å². The van der Waals surface area contributed by atoms with Gasteiger partial charge in [-0.05, 0) is 23.8 Å². The van der Waals surface area contributed by atoms with Crippen molar-refractivity contribution in [3.05, 3.63) is 63.7 Å². The number of carbonyl (C=O) groups excluding carboxylic acids is 3. The minimum Gasteiger partial charge on any atom is -0.379 e. The molecule has 0 atom stereocenters. The number of ether oxygens (including phenoxy) is 1. The topological polar surface area (TPSA) is 134 Å². The number of nitrogens with zero attached hydrogens (tertiary/aromatic N) is 4. The summed E-state index contributed by atoms with van der Waals surface area (Å²) in [6.07, 6.45) is 1.20. The van der Waals surface area contributed by atoms with Crippen molar-refractivity contribution in [2.45, 2.75) is 0 Å². The molecule has 2 aromatic rings. The van der Waals surface area contributed by atoms with Gasteiger partial charge in [-0.15, -0.1) is 0 Å². The van der Waals surface area contributed by atoms with Crippen LogP contribution in [0.2, 0.25) is 0 Å². The summed E-state index contributed by atoms with van der Waals surface area (Å²) in [7, 11) is 0. The summed E-state index contributed by atoms with van der Waals surface area (Å²) < 4.78 is 5.31. The van der Waals surface area contributed by atoms with Crippen LogP contribution in [0.25, 0.3) is 0 Å². The van der Waals surface area contributed by atoms with Crippen molar-refractivity contribution < 1.29 is 24.0 Å². The number of amides is 3. The molecule has 0 spiro atoms. The number of hydrogen-bond donors (Lipinski definition) is 1. The fraction of sp³-hybridized carbons (Fsp3) is 0.238. The second-order valence-electron chi connectivity index (χ2n) is 7.21. The van der Waals surface area contributed by atoms with Gasteiger partial charge in [0, 0.05) is 37.1 Å². The molecule has 2 aliphatic rings. The predicted octanol–water partition coefficient (Wildman–Crippen LogP) is 2.06. The van der Waals surface area contributed by atoms with E-state index in [0.29, 0.717) is 49.9 Å². The summed E-state index contributed by atoms with van der Waals surface area (Å²) in [4.78, 5) is 54.5. The number of Topliss-reactive ketones (excluding diaryl/α,β-unsaturated/α-hetero) is 1. The van der Waals surface area contributed by atoms with E-state index >= 15 is 0 Å². The number of nitro groups is 1. The normalized spacial score (nSPS) is 16.4. The molecule has 0 saturated carbocycles. The van der Waals surface area contributed by atoms with E-state index in [2.05, 4.69) is 10.3 Å². The number of nitrogens with one attached hydrogen (secondary N) is 1. The molecule has 164 valence electrons. The lowest BCUT2D eigenvalue weighted by atomic mass is 10.1. The highest BCUT2D eigenvalue weighted by molar-refractivity contribution is 6.52. The van der Waals surface area contributed by atoms with Crippen molar-refractivity contribution in [1.82, 2.24) is 4.90 Å². The summed E-state index contributed by atoms with van der Waals surface area (Å²) in [5.74, 6) is -1.25. The van der Waals surface area contributed by atoms with Gasteiger partial charge in [-0.25, -0.2) is 9.79 Å². The Morgan fingerprint density at radius 1 is 1.19 bits per heavy atom. The number of rotatable bonds is 5. The second-order valence-corrected chi connectivity index (χ2v) is 7.21. The molecule has 0 aromatic heterocycles. The fourth-order valence-corrected chi connectivity index (χ4v) is 3.47. The van der Waals surface area contributed by atoms with Gasteiger partial charge in [-0.3, -0.25) is 29.5 Å². The van der Waals surface area contributed by atoms with Crippen LogP contribution in [0.1, 0.15) is 15.9 Å². The summed E-state index contributed by atoms with van der Waals surface area (Å²) in [6, 6.07) is 9.60. The maximum atomic E-state index is 12.5. The van der Waals surface area contributed by atoms with Gasteiger partial charge in [-0.1, -0.05) is 12.1 Å². The standard InChI is InChI=1S/C21H19N5O6/c27-19-17-11-15(23-21(29)22-12-14-2-1-3-16(10-14)26(30)31)4-5-18(17)25(20(19)28)13-24-6-8-32-9-7-24/h1-5,10-12H,6-9,13H2,(H,23,29)/b22-12+. The monoisotopic (exact) mass is 437 g/mol. The van der Waals surface area contributed by atoms with Crippen molar-refractivity contribution >= 4 is 41.0 Å². The average molecular weight is 437 g/mol. The van der Waals surface area contributed by atoms with Crippen molar-refractivity contribution in [1.29, 1.82) is 0 Å². The van der Waals surface area contributed by atoms with Crippen molar-refractivity contribution in [2.75, 3.05) is 43.2 Å². The van der Waals surface area contributed by atoms with E-state index in [1.165, 1.54) is 35.4 Å². The number of nitro benzene ring substituents is 1. The lowest BCUT2D eigenvalue weighted by Crippen LogP contribution is -2.45. The number of aliphatic imine (C=N–C) groups is 1. The molecule has 0 unspecified atom stereocenters. The van der Waals surface area contributed by atoms with Crippen molar-refractivity contribution in [3.8, 4) is 0 Å². The Bertz CT molecular complexity index is 1130. The maximum absolute atomic E-state index is 12.5. The van der Waals surface area contributed by atoms with Gasteiger partial charge in [0.15, 0.2) is 0 Å². The van der Waals surface area contributed by atoms with Gasteiger partial charge >= 0.3 is 11.9 Å². The van der Waals surface area contributed by atoms with Crippen LogP contribution in [0.3, 0.4) is 0 Å². The molecule has 2 heterocycles. The Hall–Kier alpha value is -3.96. The molecule has 0 aliphatic carbocycles. The zero-order chi connectivity index (χ0) is 22.7. The van der Waals surface area contributed by atoms with Gasteiger partial charge in [0.25, 0.3) is 11.5 Å². The first-order valence-corrected chi connectivity index (χ1v) is 9.82. The zero-order valence-corrected chi connectivity index (χ0v) is 16.9. The fourth-order valence-electron chi connectivity index (χ4n) is 3.47. The van der Waals surface area contributed by atoms with E-state index in [1.54, 1.807) is 18.2 Å². The van der Waals surface area contributed by atoms with E-state index in [4.69, 9.17) is 4.74 Å². The van der Waals surface area contributed by atoms with Crippen molar-refractivity contribution in [3.63, 3.8) is 0 Å². The van der Waals surface area contributed by atoms with Crippen LogP contribution in [0.4, 0.5) is 21.9 Å². The highest BCUT2D eigenvalue weighted by Crippen LogP contribution is 2.31. The number of benzene rings is 2. The van der Waals surface area contributed by atoms with E-state index in [-0.39, 0.29) is 11.3 Å². The quantitative estimate of drug-likeness (QED) is 0.327. The zero-order valence-electron chi connectivity index (χ0n) is 16.9. The largest absolute Gasteiger partial charge is 0.379 e. The minimum absolute atomic E-state index is 0.113. The third kappa shape index (κ3) is 4.53. The first kappa shape index (κ1) is 21.3. The number of morpholine rings is 1. The molecule has 1 fully saturated rings. The number of carbonyl (C=O) groups is 3. The molecule has 1 N–H and O–H groups in total. The smallest absolute Gasteiger partial charge is 0.345 e. The molecule has 2 aliphatic heterocycles. The van der Waals surface area contributed by atoms with Gasteiger partial charge in [0.05, 0.1) is 36.1 Å². The van der Waals surface area contributed by atoms with E-state index < -0.39 is 22.6 Å². The summed E-state index contributed by atoms with van der Waals surface area (Å²) in [5.41, 5.74) is 1.29. The number of anilines is 2. The number of fused-ring (bicyclic) bond motifs is 1. The lowest BCUT2D eigenvalue weighted by molar-refractivity contribution is -0.384. The van der Waals surface area contributed by atoms with Crippen LogP contribution in [-0.2, 0) is 9.53 Å². The number of ketones is 1. The summed E-state index contributed by atoms with van der Waals surface area (Å²) >= 11 is 0. The number of urea groups is 1. The van der Waals surface area contributed by atoms with Gasteiger partial charge in [-0.2, -0.15) is 0 Å². The van der Waals surface area contributed by atoms with Gasteiger partial charge in [0.1, 0.15) is 0 Å². The van der Waals surface area contributed by atoms with Crippen LogP contribution >= 0.6 is 0 Å². The molecule has 11 nitrogen and oxygen atoms in total. The molecule has 2 aromatic carbocycles. The van der Waals surface area contributed by atoms with Crippen LogP contribution in [0.15, 0.2) is 47.5 Å². The molecule has 0 bridgehead atoms. The summed E-state index contributed by atoms with van der Waals surface area (Å²) in [6.45, 7) is 2.78. The third-order valence-electron chi connectivity index (χ3n) is 5.08. The first-order valence-electron chi connectivity index (χ1n) is 9.82. The highest BCUT2D eigenvalue weighted by Gasteiger charge is 2.37. The van der Waals surface area contributed by atoms with Crippen molar-refractivity contribution in [2.24, 2.45) is 4.99 Å². The van der Waals surface area contributed by atoms with E-state index in [1.807, 2.05) is 4.90 Å². The maximum Gasteiger partial charge on any atom is 0.345 e. The Morgan fingerprint density at radius 3 is 2.72 bits per heavy atom. The molecule has 32 heavy (non-hydrogen) atoms. The van der Waals surface area contributed by atoms with Crippen LogP contribution < -0.4 is 10.2 Å². The van der Waals surface area contributed by atoms with Crippen LogP contribution in [-0.4, -0.2) is 66.7 Å². The lowest BCUT2D eigenvalue weighted by Gasteiger charge is -2.30. The predicted molar refractivity (Wildman–Crippen MR) is 115 cm³/mol. The van der Waals surface area contributed by atoms with Gasteiger partial charge in [0.2, 0.25) is 0 Å². The molecule has 0 radical (unpaired) electrons. The molecular formula is C21H19N5O6. The molecule has 4 rings (SSSR count). The Morgan fingerprint density at radius 2 is 1.97 bits per heavy atom. The Kier molecular flexibility index (Phi) is 6.01. The number of non-ortho nitro benzene ring substituents is 1. The molecule has 11 heteroatoms. The average Bonchev–Trinajstić information content (AvgIpc) is 3.03. The Labute approximate surface area is 182 Å². The Balaban J connectivity index is 1.45. The second kappa shape index (κ2) is 9.04. The van der Waals surface area contributed by atoms with Crippen LogP contribution in [0.5, 0.6) is 0 Å². The SMILES string of the molecule is O=C(/N=C/c1cccc([N+](=O)[O-])c1)Nc1ccc2c(c1)C(=O)C(=O)N2CN1CCOCC1. The first-order chi connectivity index (χ1) is 15.4. The van der Waals surface area contributed by atoms with E-state index in [0.717, 1.165) is 0 Å². The third-order valence-corrected chi connectivity index (χ3v) is 5.08. The minimum atomic E-state index is -0.724. The van der Waals surface area contributed by atoms with Gasteiger partial charge < -0.3 is 10.1 Å². The molecular weight excluding hydrogens is 418 g/mol. The summed E-state index contributed by atoms with van der Waals surface area (Å²) in [5, 5.41) is 13.4. The van der Waals surface area contributed by atoms with Crippen LogP contribution in [0, 0.1) is 10.1 Å².